The number of nitrogens with zero attached hydrogens (tertiary/aromatic N) is 1. The van der Waals surface area contributed by atoms with E-state index in [1.54, 1.807) is 12.5 Å². The molecule has 0 saturated heterocycles. The molecule has 0 aliphatic heterocycles. The fraction of sp³-hybridized carbons (Fsp3) is 0.462. The Bertz CT molecular complexity index is 483. The van der Waals surface area contributed by atoms with E-state index in [0.717, 1.165) is 16.6 Å². The highest BCUT2D eigenvalue weighted by molar-refractivity contribution is 9.08. The zero-order chi connectivity index (χ0) is 11.7. The Morgan fingerprint density at radius 2 is 2.24 bits per heavy atom. The summed E-state index contributed by atoms with van der Waals surface area (Å²) in [7, 11) is 0. The minimum atomic E-state index is 0.663. The predicted molar refractivity (Wildman–Crippen MR) is 70.1 cm³/mol. The maximum Gasteiger partial charge on any atom is 0.0997 e. The second kappa shape index (κ2) is 4.69. The Morgan fingerprint density at radius 3 is 2.88 bits per heavy atom. The van der Waals surface area contributed by atoms with Crippen LogP contribution in [0.3, 0.4) is 0 Å². The van der Waals surface area contributed by atoms with Crippen molar-refractivity contribution in [1.82, 2.24) is 10.2 Å². The molecule has 90 valence electrons. The average Bonchev–Trinajstić information content (AvgIpc) is 3.09. The Hall–Kier alpha value is -1.03. The van der Waals surface area contributed by atoms with Gasteiger partial charge >= 0.3 is 0 Å². The topological polar surface area (TPSA) is 41.8 Å². The molecule has 1 fully saturated rings. The molecular weight excluding hydrogens is 280 g/mol. The fourth-order valence-corrected chi connectivity index (χ4v) is 3.27. The molecular formula is C13H15BrN2O. The van der Waals surface area contributed by atoms with Crippen LogP contribution in [-0.4, -0.2) is 10.2 Å². The van der Waals surface area contributed by atoms with E-state index in [9.17, 15) is 0 Å². The van der Waals surface area contributed by atoms with E-state index >= 15 is 0 Å². The maximum absolute atomic E-state index is 5.13. The summed E-state index contributed by atoms with van der Waals surface area (Å²) in [5.41, 5.74) is 4.69. The van der Waals surface area contributed by atoms with Crippen LogP contribution in [0.15, 0.2) is 23.0 Å². The van der Waals surface area contributed by atoms with Gasteiger partial charge in [-0.25, -0.2) is 0 Å². The number of rotatable bonds is 3. The van der Waals surface area contributed by atoms with Gasteiger partial charge in [-0.15, -0.1) is 0 Å². The van der Waals surface area contributed by atoms with Crippen LogP contribution in [0.1, 0.15) is 42.9 Å². The van der Waals surface area contributed by atoms with Crippen LogP contribution in [0, 0.1) is 0 Å². The number of aromatic amines is 1. The molecule has 3 nitrogen and oxygen atoms in total. The van der Waals surface area contributed by atoms with Gasteiger partial charge in [0, 0.05) is 28.1 Å². The summed E-state index contributed by atoms with van der Waals surface area (Å²) in [5, 5.41) is 8.54. The van der Waals surface area contributed by atoms with Crippen molar-refractivity contribution in [2.75, 3.05) is 0 Å². The van der Waals surface area contributed by atoms with Gasteiger partial charge < -0.3 is 4.42 Å². The van der Waals surface area contributed by atoms with Crippen molar-refractivity contribution in [3.8, 4) is 11.3 Å². The highest BCUT2D eigenvalue weighted by Gasteiger charge is 2.24. The van der Waals surface area contributed by atoms with Crippen molar-refractivity contribution >= 4 is 15.9 Å². The summed E-state index contributed by atoms with van der Waals surface area (Å²) in [6, 6.07) is 1.96. The minimum Gasteiger partial charge on any atom is -0.472 e. The minimum absolute atomic E-state index is 0.663. The van der Waals surface area contributed by atoms with E-state index in [4.69, 9.17) is 4.42 Å². The number of furan rings is 1. The summed E-state index contributed by atoms with van der Waals surface area (Å²) in [6.07, 6.45) is 8.69. The van der Waals surface area contributed by atoms with Crippen molar-refractivity contribution < 1.29 is 4.42 Å². The molecule has 0 spiro atoms. The number of hydrogen-bond donors (Lipinski definition) is 1. The monoisotopic (exact) mass is 294 g/mol. The lowest BCUT2D eigenvalue weighted by molar-refractivity contribution is 0.568. The lowest BCUT2D eigenvalue weighted by Crippen LogP contribution is -1.96. The molecule has 2 aromatic rings. The Balaban J connectivity index is 2.00. The zero-order valence-electron chi connectivity index (χ0n) is 9.58. The number of nitrogens with one attached hydrogen (secondary N) is 1. The standard InChI is InChI=1S/C13H15BrN2O/c14-7-11-12(9-3-1-2-4-9)15-16-13(11)10-5-6-17-8-10/h5-6,8-9H,1-4,7H2,(H,15,16). The highest BCUT2D eigenvalue weighted by Crippen LogP contribution is 2.38. The number of halogens is 1. The molecule has 0 radical (unpaired) electrons. The number of alkyl halides is 1. The largest absolute Gasteiger partial charge is 0.472 e. The van der Waals surface area contributed by atoms with Gasteiger partial charge in [0.05, 0.1) is 18.2 Å². The van der Waals surface area contributed by atoms with E-state index in [1.165, 1.54) is 36.9 Å². The maximum atomic E-state index is 5.13. The molecule has 17 heavy (non-hydrogen) atoms. The molecule has 1 aliphatic rings. The molecule has 1 saturated carbocycles. The quantitative estimate of drug-likeness (QED) is 0.861. The van der Waals surface area contributed by atoms with Crippen LogP contribution in [-0.2, 0) is 5.33 Å². The molecule has 0 bridgehead atoms. The smallest absolute Gasteiger partial charge is 0.0997 e. The van der Waals surface area contributed by atoms with Crippen molar-refractivity contribution in [2.24, 2.45) is 0 Å². The first-order valence-corrected chi connectivity index (χ1v) is 7.18. The summed E-state index contributed by atoms with van der Waals surface area (Å²) in [5.74, 6) is 0.663. The number of H-pyrrole nitrogens is 1. The van der Waals surface area contributed by atoms with Crippen LogP contribution in [0.2, 0.25) is 0 Å². The van der Waals surface area contributed by atoms with Crippen LogP contribution in [0.25, 0.3) is 11.3 Å². The van der Waals surface area contributed by atoms with Crippen molar-refractivity contribution in [3.05, 3.63) is 29.9 Å². The van der Waals surface area contributed by atoms with Gasteiger partial charge in [-0.05, 0) is 18.9 Å². The van der Waals surface area contributed by atoms with Gasteiger partial charge in [0.1, 0.15) is 0 Å². The third-order valence-electron chi connectivity index (χ3n) is 3.59. The van der Waals surface area contributed by atoms with Crippen LogP contribution >= 0.6 is 15.9 Å². The SMILES string of the molecule is BrCc1c(-c2ccoc2)n[nH]c1C1CCCC1. The molecule has 4 heteroatoms. The zero-order valence-corrected chi connectivity index (χ0v) is 11.2. The first-order valence-electron chi connectivity index (χ1n) is 6.06. The lowest BCUT2D eigenvalue weighted by Gasteiger charge is -2.08. The predicted octanol–water partition coefficient (Wildman–Crippen LogP) is 4.22. The van der Waals surface area contributed by atoms with E-state index in [-0.39, 0.29) is 0 Å². The Morgan fingerprint density at radius 1 is 1.41 bits per heavy atom. The molecule has 1 N–H and O–H groups in total. The van der Waals surface area contributed by atoms with Gasteiger partial charge in [-0.2, -0.15) is 5.10 Å². The van der Waals surface area contributed by atoms with E-state index in [1.807, 2.05) is 6.07 Å². The summed E-state index contributed by atoms with van der Waals surface area (Å²) in [6.45, 7) is 0. The summed E-state index contributed by atoms with van der Waals surface area (Å²) < 4.78 is 5.13. The molecule has 3 rings (SSSR count). The van der Waals surface area contributed by atoms with Gasteiger partial charge in [-0.1, -0.05) is 28.8 Å². The normalized spacial score (nSPS) is 16.8. The van der Waals surface area contributed by atoms with Crippen molar-refractivity contribution in [2.45, 2.75) is 36.9 Å². The molecule has 0 unspecified atom stereocenters. The third kappa shape index (κ3) is 1.95. The number of aromatic nitrogens is 2. The number of hydrogen-bond acceptors (Lipinski definition) is 2. The summed E-state index contributed by atoms with van der Waals surface area (Å²) >= 11 is 3.58. The first-order chi connectivity index (χ1) is 8.40. The van der Waals surface area contributed by atoms with E-state index < -0.39 is 0 Å². The second-order valence-electron chi connectivity index (χ2n) is 4.59. The van der Waals surface area contributed by atoms with Gasteiger partial charge in [0.2, 0.25) is 0 Å². The van der Waals surface area contributed by atoms with Crippen LogP contribution < -0.4 is 0 Å². The second-order valence-corrected chi connectivity index (χ2v) is 5.15. The van der Waals surface area contributed by atoms with Gasteiger partial charge in [0.25, 0.3) is 0 Å². The molecule has 2 heterocycles. The average molecular weight is 295 g/mol. The van der Waals surface area contributed by atoms with E-state index in [2.05, 4.69) is 26.1 Å². The molecule has 0 aromatic carbocycles. The van der Waals surface area contributed by atoms with Gasteiger partial charge in [-0.3, -0.25) is 5.10 Å². The first kappa shape index (κ1) is 11.1. The van der Waals surface area contributed by atoms with Crippen LogP contribution in [0.5, 0.6) is 0 Å². The molecule has 0 atom stereocenters. The third-order valence-corrected chi connectivity index (χ3v) is 4.15. The lowest BCUT2D eigenvalue weighted by atomic mass is 9.98. The van der Waals surface area contributed by atoms with Crippen LogP contribution in [0.4, 0.5) is 0 Å². The van der Waals surface area contributed by atoms with Crippen molar-refractivity contribution in [3.63, 3.8) is 0 Å². The molecule has 2 aromatic heterocycles. The Kier molecular flexibility index (Phi) is 3.05. The fourth-order valence-electron chi connectivity index (χ4n) is 2.70. The summed E-state index contributed by atoms with van der Waals surface area (Å²) in [4.78, 5) is 0. The van der Waals surface area contributed by atoms with Crippen molar-refractivity contribution in [1.29, 1.82) is 0 Å². The Labute approximate surface area is 109 Å². The highest BCUT2D eigenvalue weighted by atomic mass is 79.9. The van der Waals surface area contributed by atoms with Gasteiger partial charge in [0.15, 0.2) is 0 Å². The van der Waals surface area contributed by atoms with E-state index in [0.29, 0.717) is 5.92 Å². The molecule has 0 amide bonds. The molecule has 1 aliphatic carbocycles.